The van der Waals surface area contributed by atoms with E-state index in [0.717, 1.165) is 28.0 Å². The highest BCUT2D eigenvalue weighted by Gasteiger charge is 2.33. The van der Waals surface area contributed by atoms with Crippen molar-refractivity contribution in [3.05, 3.63) is 58.1 Å². The van der Waals surface area contributed by atoms with Crippen LogP contribution in [0.1, 0.15) is 16.7 Å². The van der Waals surface area contributed by atoms with Gasteiger partial charge in [0.1, 0.15) is 30.1 Å². The van der Waals surface area contributed by atoms with Crippen molar-refractivity contribution in [2.24, 2.45) is 17.5 Å². The van der Waals surface area contributed by atoms with Crippen LogP contribution in [-0.4, -0.2) is 30.0 Å². The molecule has 2 aromatic carbocycles. The first-order valence-corrected chi connectivity index (χ1v) is 10.4. The van der Waals surface area contributed by atoms with Crippen LogP contribution in [0.2, 0.25) is 5.02 Å². The molecule has 2 amide bonds. The number of ether oxygens (including phenoxy) is 2. The molecule has 1 atom stereocenters. The Bertz CT molecular complexity index is 1220. The molecule has 0 aliphatic carbocycles. The van der Waals surface area contributed by atoms with Crippen molar-refractivity contribution in [2.45, 2.75) is 20.5 Å². The summed E-state index contributed by atoms with van der Waals surface area (Å²) in [7, 11) is 4.99. The number of rotatable bonds is 6. The monoisotopic (exact) mass is 455 g/mol. The van der Waals surface area contributed by atoms with Crippen LogP contribution in [-0.2, 0) is 13.7 Å². The van der Waals surface area contributed by atoms with Gasteiger partial charge >= 0.3 is 6.03 Å². The molecule has 0 fully saturated rings. The fourth-order valence-corrected chi connectivity index (χ4v) is 3.92. The Kier molecular flexibility index (Phi) is 5.86. The number of carbonyl (C=O) groups is 1. The predicted octanol–water partition coefficient (Wildman–Crippen LogP) is 3.68. The summed E-state index contributed by atoms with van der Waals surface area (Å²) >= 11 is 6.43. The number of aryl methyl sites for hydroxylation is 3. The molecule has 1 aromatic heterocycles. The third kappa shape index (κ3) is 3.80. The molecule has 0 spiro atoms. The molecule has 9 nitrogen and oxygen atoms in total. The number of hydrogen-bond acceptors (Lipinski definition) is 6. The maximum atomic E-state index is 12.4. The normalized spacial score (nSPS) is 15.5. The van der Waals surface area contributed by atoms with Crippen LogP contribution in [0.4, 0.5) is 10.5 Å². The van der Waals surface area contributed by atoms with Crippen LogP contribution in [0.5, 0.6) is 11.6 Å². The molecule has 0 saturated heterocycles. The van der Waals surface area contributed by atoms with E-state index in [1.165, 1.54) is 5.01 Å². The van der Waals surface area contributed by atoms with Gasteiger partial charge in [-0.1, -0.05) is 23.7 Å². The fourth-order valence-electron chi connectivity index (χ4n) is 3.58. The zero-order chi connectivity index (χ0) is 23.0. The van der Waals surface area contributed by atoms with Crippen LogP contribution in [0.25, 0.3) is 11.3 Å². The highest BCUT2D eigenvalue weighted by molar-refractivity contribution is 6.34. The fraction of sp³-hybridized carbons (Fsp3) is 0.273. The number of benzene rings is 2. The van der Waals surface area contributed by atoms with Gasteiger partial charge in [0.25, 0.3) is 0 Å². The molecule has 1 unspecified atom stereocenters. The van der Waals surface area contributed by atoms with Crippen molar-refractivity contribution >= 4 is 23.3 Å². The van der Waals surface area contributed by atoms with Crippen molar-refractivity contribution in [3.8, 4) is 22.9 Å². The topological polar surface area (TPSA) is 85.8 Å². The second-order valence-corrected chi connectivity index (χ2v) is 7.91. The molecular weight excluding hydrogens is 432 g/mol. The summed E-state index contributed by atoms with van der Waals surface area (Å²) in [6, 6.07) is 11.2. The summed E-state index contributed by atoms with van der Waals surface area (Å²) in [6.45, 7) is 4.21. The number of aromatic nitrogens is 2. The Hall–Kier alpha value is -3.43. The van der Waals surface area contributed by atoms with Gasteiger partial charge in [-0.3, -0.25) is 0 Å². The Labute approximate surface area is 190 Å². The zero-order valence-corrected chi connectivity index (χ0v) is 19.3. The van der Waals surface area contributed by atoms with Gasteiger partial charge in [-0.05, 0) is 54.5 Å². The molecule has 10 heteroatoms. The first kappa shape index (κ1) is 21.8. The highest BCUT2D eigenvalue weighted by Crippen LogP contribution is 2.36. The van der Waals surface area contributed by atoms with Crippen LogP contribution in [0.3, 0.4) is 0 Å². The minimum absolute atomic E-state index is 0.236. The standard InChI is InChI=1S/C22H23ClN6O3/c1-13-7-6-8-17(29-22(30)28(4)25-26-29)16(13)12-32-18-10-9-15(11-14(18)2)20-19(23)21(31-5)27(3)24-20/h6-11H,12H2,1-5H3/p+1. The van der Waals surface area contributed by atoms with Crippen LogP contribution < -0.4 is 19.5 Å². The number of methoxy groups -OCH3 is 1. The van der Waals surface area contributed by atoms with Gasteiger partial charge in [0.15, 0.2) is 0 Å². The minimum Gasteiger partial charge on any atom is -0.489 e. The van der Waals surface area contributed by atoms with Crippen molar-refractivity contribution in [1.82, 2.24) is 9.78 Å². The molecule has 32 heavy (non-hydrogen) atoms. The van der Waals surface area contributed by atoms with Gasteiger partial charge in [0.05, 0.1) is 18.0 Å². The van der Waals surface area contributed by atoms with E-state index in [2.05, 4.69) is 15.5 Å². The van der Waals surface area contributed by atoms with Gasteiger partial charge in [-0.15, -0.1) is 10.0 Å². The van der Waals surface area contributed by atoms with Crippen LogP contribution >= 0.6 is 11.6 Å². The Balaban J connectivity index is 1.58. The summed E-state index contributed by atoms with van der Waals surface area (Å²) in [6.07, 6.45) is 0. The van der Waals surface area contributed by atoms with Crippen molar-refractivity contribution in [2.75, 3.05) is 19.2 Å². The largest absolute Gasteiger partial charge is 0.489 e. The van der Waals surface area contributed by atoms with Gasteiger partial charge in [-0.25, -0.2) is 9.48 Å². The van der Waals surface area contributed by atoms with E-state index < -0.39 is 0 Å². The van der Waals surface area contributed by atoms with E-state index in [-0.39, 0.29) is 12.6 Å². The van der Waals surface area contributed by atoms with E-state index in [4.69, 9.17) is 21.1 Å². The third-order valence-corrected chi connectivity index (χ3v) is 5.69. The second kappa shape index (κ2) is 8.60. The van der Waals surface area contributed by atoms with E-state index in [1.54, 1.807) is 25.9 Å². The average molecular weight is 456 g/mol. The molecule has 3 aromatic rings. The van der Waals surface area contributed by atoms with E-state index in [9.17, 15) is 4.79 Å². The molecule has 0 saturated carbocycles. The molecule has 1 aliphatic heterocycles. The van der Waals surface area contributed by atoms with E-state index >= 15 is 0 Å². The Morgan fingerprint density at radius 2 is 1.94 bits per heavy atom. The maximum absolute atomic E-state index is 12.4. The summed E-state index contributed by atoms with van der Waals surface area (Å²) in [5.41, 5.74) is 4.97. The molecule has 4 rings (SSSR count). The van der Waals surface area contributed by atoms with Gasteiger partial charge in [0.2, 0.25) is 5.88 Å². The quantitative estimate of drug-likeness (QED) is 0.614. The van der Waals surface area contributed by atoms with Crippen molar-refractivity contribution < 1.29 is 19.3 Å². The molecule has 1 N–H and O–H groups in total. The van der Waals surface area contributed by atoms with Gasteiger partial charge < -0.3 is 9.47 Å². The molecular formula is C22H24ClN6O3+. The number of hydrogen-bond donors (Lipinski definition) is 1. The maximum Gasteiger partial charge on any atom is 0.471 e. The minimum atomic E-state index is -0.236. The number of nitrogens with one attached hydrogen (secondary N) is 1. The van der Waals surface area contributed by atoms with Crippen LogP contribution in [0, 0.1) is 13.8 Å². The zero-order valence-electron chi connectivity index (χ0n) is 18.5. The number of anilines is 1. The lowest BCUT2D eigenvalue weighted by Crippen LogP contribution is -3.06. The first-order chi connectivity index (χ1) is 15.3. The molecule has 0 bridgehead atoms. The number of halogens is 1. The molecule has 1 aliphatic rings. The van der Waals surface area contributed by atoms with Gasteiger partial charge in [0, 0.05) is 18.2 Å². The predicted molar refractivity (Wildman–Crippen MR) is 120 cm³/mol. The summed E-state index contributed by atoms with van der Waals surface area (Å²) in [5, 5.41) is 14.5. The lowest BCUT2D eigenvalue weighted by molar-refractivity contribution is -0.797. The number of urea groups is 1. The molecule has 166 valence electrons. The summed E-state index contributed by atoms with van der Waals surface area (Å²) in [4.78, 5) is 12.4. The Morgan fingerprint density at radius 3 is 2.56 bits per heavy atom. The number of carbonyl (C=O) groups excluding carboxylic acids is 1. The van der Waals surface area contributed by atoms with Gasteiger partial charge in [-0.2, -0.15) is 5.10 Å². The number of quaternary nitrogens is 1. The van der Waals surface area contributed by atoms with Crippen LogP contribution in [0.15, 0.2) is 46.8 Å². The lowest BCUT2D eigenvalue weighted by Gasteiger charge is -2.17. The summed E-state index contributed by atoms with van der Waals surface area (Å²) in [5.74, 6) is 1.23. The highest BCUT2D eigenvalue weighted by atomic mass is 35.5. The van der Waals surface area contributed by atoms with Crippen molar-refractivity contribution in [1.29, 1.82) is 0 Å². The molecule has 0 radical (unpaired) electrons. The number of nitrogens with zero attached hydrogens (tertiary/aromatic N) is 5. The third-order valence-electron chi connectivity index (χ3n) is 5.35. The smallest absolute Gasteiger partial charge is 0.471 e. The lowest BCUT2D eigenvalue weighted by atomic mass is 10.1. The first-order valence-electron chi connectivity index (χ1n) is 10.00. The number of amides is 2. The van der Waals surface area contributed by atoms with E-state index in [1.807, 2.05) is 50.2 Å². The van der Waals surface area contributed by atoms with Crippen molar-refractivity contribution in [3.63, 3.8) is 0 Å². The summed E-state index contributed by atoms with van der Waals surface area (Å²) < 4.78 is 13.0. The second-order valence-electron chi connectivity index (χ2n) is 7.53. The SMILES string of the molecule is COc1c(Cl)c(-c2ccc(OCc3c(C)cccc3N3N=N[NH+](C)C3=O)c(C)c2)nn1C. The molecule has 2 heterocycles. The van der Waals surface area contributed by atoms with E-state index in [0.29, 0.717) is 27.3 Å². The Morgan fingerprint density at radius 1 is 1.16 bits per heavy atom. The average Bonchev–Trinajstić information content (AvgIpc) is 3.25.